The number of H-pyrrole nitrogens is 2. The van der Waals surface area contributed by atoms with E-state index in [1.807, 2.05) is 29.8 Å². The molecule has 0 aromatic carbocycles. The Morgan fingerprint density at radius 2 is 2.26 bits per heavy atom. The van der Waals surface area contributed by atoms with E-state index in [0.29, 0.717) is 23.1 Å². The SMILES string of the molecule is O=C(NCc1nc(-c2c[nH]c3ncccc23)n[nH]1)c1cccs1. The van der Waals surface area contributed by atoms with Crippen LogP contribution in [0.4, 0.5) is 0 Å². The lowest BCUT2D eigenvalue weighted by atomic mass is 10.2. The van der Waals surface area contributed by atoms with Gasteiger partial charge in [-0.3, -0.25) is 9.89 Å². The molecule has 0 fully saturated rings. The normalized spacial score (nSPS) is 11.0. The standard InChI is InChI=1S/C15H12N6OS/c22-15(11-4-2-6-23-11)18-8-12-19-14(21-20-12)10-7-17-13-9(10)3-1-5-16-13/h1-7H,8H2,(H,16,17)(H,18,22)(H,19,20,21). The number of nitrogens with one attached hydrogen (secondary N) is 3. The van der Waals surface area contributed by atoms with E-state index in [4.69, 9.17) is 0 Å². The lowest BCUT2D eigenvalue weighted by Gasteiger charge is -1.99. The van der Waals surface area contributed by atoms with E-state index in [-0.39, 0.29) is 5.91 Å². The summed E-state index contributed by atoms with van der Waals surface area (Å²) in [6, 6.07) is 7.46. The molecule has 4 heterocycles. The zero-order valence-electron chi connectivity index (χ0n) is 11.9. The second-order valence-corrected chi connectivity index (χ2v) is 5.82. The fourth-order valence-corrected chi connectivity index (χ4v) is 2.93. The maximum Gasteiger partial charge on any atom is 0.261 e. The second kappa shape index (κ2) is 5.65. The summed E-state index contributed by atoms with van der Waals surface area (Å²) in [7, 11) is 0. The largest absolute Gasteiger partial charge is 0.345 e. The number of carbonyl (C=O) groups is 1. The predicted octanol–water partition coefficient (Wildman–Crippen LogP) is 2.34. The van der Waals surface area contributed by atoms with Crippen molar-refractivity contribution in [2.75, 3.05) is 0 Å². The number of amides is 1. The molecule has 0 aliphatic rings. The predicted molar refractivity (Wildman–Crippen MR) is 87.0 cm³/mol. The van der Waals surface area contributed by atoms with Crippen molar-refractivity contribution in [2.24, 2.45) is 0 Å². The van der Waals surface area contributed by atoms with Crippen LogP contribution in [0.15, 0.2) is 42.0 Å². The van der Waals surface area contributed by atoms with Crippen LogP contribution in [0.2, 0.25) is 0 Å². The van der Waals surface area contributed by atoms with Crippen molar-refractivity contribution in [3.63, 3.8) is 0 Å². The first-order valence-corrected chi connectivity index (χ1v) is 7.84. The number of rotatable bonds is 4. The van der Waals surface area contributed by atoms with Gasteiger partial charge in [-0.05, 0) is 23.6 Å². The van der Waals surface area contributed by atoms with E-state index in [0.717, 1.165) is 16.6 Å². The quantitative estimate of drug-likeness (QED) is 0.536. The third-order valence-corrected chi connectivity index (χ3v) is 4.25. The van der Waals surface area contributed by atoms with Crippen LogP contribution in [0.3, 0.4) is 0 Å². The molecule has 0 aliphatic heterocycles. The summed E-state index contributed by atoms with van der Waals surface area (Å²) in [5.41, 5.74) is 1.67. The molecule has 0 saturated carbocycles. The number of carbonyl (C=O) groups excluding carboxylic acids is 1. The summed E-state index contributed by atoms with van der Waals surface area (Å²) >= 11 is 1.40. The molecule has 114 valence electrons. The molecular formula is C15H12N6OS. The number of pyridine rings is 1. The van der Waals surface area contributed by atoms with Gasteiger partial charge >= 0.3 is 0 Å². The van der Waals surface area contributed by atoms with Crippen LogP contribution >= 0.6 is 11.3 Å². The topological polar surface area (TPSA) is 99.3 Å². The van der Waals surface area contributed by atoms with Gasteiger partial charge < -0.3 is 10.3 Å². The van der Waals surface area contributed by atoms with Crippen LogP contribution in [-0.2, 0) is 6.54 Å². The maximum absolute atomic E-state index is 11.9. The van der Waals surface area contributed by atoms with Crippen LogP contribution in [0.1, 0.15) is 15.5 Å². The molecule has 8 heteroatoms. The van der Waals surface area contributed by atoms with Crippen LogP contribution in [0.25, 0.3) is 22.4 Å². The second-order valence-electron chi connectivity index (χ2n) is 4.87. The minimum atomic E-state index is -0.116. The monoisotopic (exact) mass is 324 g/mol. The number of thiophene rings is 1. The zero-order chi connectivity index (χ0) is 15.6. The van der Waals surface area contributed by atoms with Crippen molar-refractivity contribution in [1.82, 2.24) is 30.5 Å². The van der Waals surface area contributed by atoms with Crippen molar-refractivity contribution in [3.8, 4) is 11.4 Å². The molecule has 4 aromatic heterocycles. The van der Waals surface area contributed by atoms with Gasteiger partial charge in [-0.2, -0.15) is 5.10 Å². The van der Waals surface area contributed by atoms with Gasteiger partial charge in [0, 0.05) is 23.3 Å². The first kappa shape index (κ1) is 13.6. The Morgan fingerprint density at radius 1 is 1.30 bits per heavy atom. The number of hydrogen-bond acceptors (Lipinski definition) is 5. The molecule has 4 rings (SSSR count). The number of aromatic amines is 2. The van der Waals surface area contributed by atoms with E-state index >= 15 is 0 Å². The minimum Gasteiger partial charge on any atom is -0.345 e. The van der Waals surface area contributed by atoms with Gasteiger partial charge in [-0.25, -0.2) is 9.97 Å². The Morgan fingerprint density at radius 3 is 3.13 bits per heavy atom. The highest BCUT2D eigenvalue weighted by molar-refractivity contribution is 7.12. The molecule has 23 heavy (non-hydrogen) atoms. The van der Waals surface area contributed by atoms with Gasteiger partial charge in [0.25, 0.3) is 5.91 Å². The van der Waals surface area contributed by atoms with E-state index in [1.54, 1.807) is 12.3 Å². The Balaban J connectivity index is 1.52. The molecule has 3 N–H and O–H groups in total. The van der Waals surface area contributed by atoms with Gasteiger partial charge in [0.2, 0.25) is 0 Å². The number of aromatic nitrogens is 5. The summed E-state index contributed by atoms with van der Waals surface area (Å²) in [5.74, 6) is 1.06. The summed E-state index contributed by atoms with van der Waals surface area (Å²) in [4.78, 5) is 24.4. The molecule has 0 saturated heterocycles. The van der Waals surface area contributed by atoms with Gasteiger partial charge in [0.15, 0.2) is 5.82 Å². The van der Waals surface area contributed by atoms with Crippen molar-refractivity contribution >= 4 is 28.3 Å². The van der Waals surface area contributed by atoms with Crippen molar-refractivity contribution in [1.29, 1.82) is 0 Å². The van der Waals surface area contributed by atoms with E-state index < -0.39 is 0 Å². The van der Waals surface area contributed by atoms with E-state index in [9.17, 15) is 4.79 Å². The van der Waals surface area contributed by atoms with Crippen LogP contribution in [0, 0.1) is 0 Å². The fraction of sp³-hybridized carbons (Fsp3) is 0.0667. The summed E-state index contributed by atoms with van der Waals surface area (Å²) in [5, 5.41) is 12.7. The molecule has 0 bridgehead atoms. The van der Waals surface area contributed by atoms with Gasteiger partial charge in [-0.1, -0.05) is 6.07 Å². The maximum atomic E-state index is 11.9. The Bertz CT molecular complexity index is 955. The molecule has 0 unspecified atom stereocenters. The molecule has 0 aliphatic carbocycles. The van der Waals surface area contributed by atoms with Crippen LogP contribution in [-0.4, -0.2) is 31.1 Å². The van der Waals surface area contributed by atoms with Gasteiger partial charge in [0.1, 0.15) is 11.5 Å². The smallest absolute Gasteiger partial charge is 0.261 e. The highest BCUT2D eigenvalue weighted by Gasteiger charge is 2.12. The summed E-state index contributed by atoms with van der Waals surface area (Å²) in [6.07, 6.45) is 3.56. The molecule has 7 nitrogen and oxygen atoms in total. The highest BCUT2D eigenvalue weighted by atomic mass is 32.1. The fourth-order valence-electron chi connectivity index (χ4n) is 2.29. The third kappa shape index (κ3) is 2.59. The third-order valence-electron chi connectivity index (χ3n) is 3.39. The van der Waals surface area contributed by atoms with Crippen molar-refractivity contribution < 1.29 is 4.79 Å². The molecule has 0 radical (unpaired) electrons. The lowest BCUT2D eigenvalue weighted by Crippen LogP contribution is -2.22. The van der Waals surface area contributed by atoms with E-state index in [2.05, 4.69) is 30.5 Å². The Hall–Kier alpha value is -3.00. The zero-order valence-corrected chi connectivity index (χ0v) is 12.7. The summed E-state index contributed by atoms with van der Waals surface area (Å²) in [6.45, 7) is 0.296. The average Bonchev–Trinajstić information content (AvgIpc) is 3.31. The molecule has 0 atom stereocenters. The molecule has 0 spiro atoms. The number of fused-ring (bicyclic) bond motifs is 1. The first-order valence-electron chi connectivity index (χ1n) is 6.97. The Labute approximate surface area is 134 Å². The van der Waals surface area contributed by atoms with E-state index in [1.165, 1.54) is 11.3 Å². The number of hydrogen-bond donors (Lipinski definition) is 3. The average molecular weight is 324 g/mol. The summed E-state index contributed by atoms with van der Waals surface area (Å²) < 4.78 is 0. The van der Waals surface area contributed by atoms with Gasteiger partial charge in [-0.15, -0.1) is 11.3 Å². The minimum absolute atomic E-state index is 0.116. The molecule has 1 amide bonds. The molecular weight excluding hydrogens is 312 g/mol. The van der Waals surface area contributed by atoms with Crippen LogP contribution < -0.4 is 5.32 Å². The highest BCUT2D eigenvalue weighted by Crippen LogP contribution is 2.24. The van der Waals surface area contributed by atoms with Gasteiger partial charge in [0.05, 0.1) is 11.4 Å². The number of nitrogens with zero attached hydrogens (tertiary/aromatic N) is 3. The van der Waals surface area contributed by atoms with Crippen LogP contribution in [0.5, 0.6) is 0 Å². The van der Waals surface area contributed by atoms with Crippen molar-refractivity contribution in [3.05, 3.63) is 52.7 Å². The van der Waals surface area contributed by atoms with Crippen molar-refractivity contribution in [2.45, 2.75) is 6.54 Å². The molecule has 4 aromatic rings. The first-order chi connectivity index (χ1) is 11.3. The Kier molecular flexibility index (Phi) is 3.35. The lowest BCUT2D eigenvalue weighted by molar-refractivity contribution is 0.0954.